The fourth-order valence-electron chi connectivity index (χ4n) is 3.01. The number of anilines is 3. The number of carbonyl (C=O) groups is 1. The summed E-state index contributed by atoms with van der Waals surface area (Å²) < 4.78 is 13.0. The van der Waals surface area contributed by atoms with E-state index in [0.29, 0.717) is 12.2 Å². The third-order valence-electron chi connectivity index (χ3n) is 4.66. The largest absolute Gasteiger partial charge is 0.381 e. The monoisotopic (exact) mass is 392 g/mol. The van der Waals surface area contributed by atoms with E-state index in [0.717, 1.165) is 35.7 Å². The molecule has 0 spiro atoms. The highest BCUT2D eigenvalue weighted by molar-refractivity contribution is 6.03. The van der Waals surface area contributed by atoms with Crippen molar-refractivity contribution in [3.8, 4) is 0 Å². The highest BCUT2D eigenvalue weighted by atomic mass is 19.1. The molecule has 6 heteroatoms. The summed E-state index contributed by atoms with van der Waals surface area (Å²) in [6.07, 6.45) is 1.59. The number of pyridine rings is 1. The number of amides is 1. The average molecular weight is 392 g/mol. The van der Waals surface area contributed by atoms with E-state index >= 15 is 0 Å². The molecule has 1 aromatic heterocycles. The van der Waals surface area contributed by atoms with Crippen LogP contribution < -0.4 is 15.5 Å². The molecule has 0 bridgehead atoms. The molecule has 2 aromatic carbocycles. The quantitative estimate of drug-likeness (QED) is 0.571. The van der Waals surface area contributed by atoms with E-state index < -0.39 is 0 Å². The van der Waals surface area contributed by atoms with Crippen molar-refractivity contribution in [2.45, 2.75) is 20.4 Å². The lowest BCUT2D eigenvalue weighted by Crippen LogP contribution is -2.21. The molecule has 0 saturated carbocycles. The van der Waals surface area contributed by atoms with E-state index in [4.69, 9.17) is 0 Å². The minimum Gasteiger partial charge on any atom is -0.381 e. The maximum absolute atomic E-state index is 13.0. The van der Waals surface area contributed by atoms with Gasteiger partial charge in [-0.25, -0.2) is 4.39 Å². The molecule has 0 radical (unpaired) electrons. The fraction of sp³-hybridized carbons (Fsp3) is 0.217. The lowest BCUT2D eigenvalue weighted by atomic mass is 10.2. The van der Waals surface area contributed by atoms with Gasteiger partial charge in [-0.15, -0.1) is 0 Å². The summed E-state index contributed by atoms with van der Waals surface area (Å²) in [5, 5.41) is 6.10. The first-order valence-corrected chi connectivity index (χ1v) is 9.69. The van der Waals surface area contributed by atoms with Crippen molar-refractivity contribution in [1.29, 1.82) is 0 Å². The molecule has 0 fully saturated rings. The van der Waals surface area contributed by atoms with E-state index in [1.807, 2.05) is 24.3 Å². The first-order chi connectivity index (χ1) is 14.1. The van der Waals surface area contributed by atoms with Crippen LogP contribution in [-0.2, 0) is 6.54 Å². The zero-order valence-corrected chi connectivity index (χ0v) is 16.7. The molecule has 3 aromatic rings. The SMILES string of the molecule is CCN(CC)c1ccc(NC(=O)c2cc(NCc3ccc(F)cc3)ccn2)cc1. The smallest absolute Gasteiger partial charge is 0.274 e. The Kier molecular flexibility index (Phi) is 6.79. The molecule has 5 nitrogen and oxygen atoms in total. The van der Waals surface area contributed by atoms with Crippen LogP contribution in [0.25, 0.3) is 0 Å². The van der Waals surface area contributed by atoms with E-state index in [-0.39, 0.29) is 11.7 Å². The molecular weight excluding hydrogens is 367 g/mol. The molecule has 1 heterocycles. The Bertz CT molecular complexity index is 938. The van der Waals surface area contributed by atoms with Gasteiger partial charge in [-0.2, -0.15) is 0 Å². The first-order valence-electron chi connectivity index (χ1n) is 9.69. The average Bonchev–Trinajstić information content (AvgIpc) is 2.75. The fourth-order valence-corrected chi connectivity index (χ4v) is 3.01. The lowest BCUT2D eigenvalue weighted by molar-refractivity contribution is 0.102. The van der Waals surface area contributed by atoms with Gasteiger partial charge in [-0.05, 0) is 67.9 Å². The topological polar surface area (TPSA) is 57.3 Å². The second-order valence-electron chi connectivity index (χ2n) is 6.58. The van der Waals surface area contributed by atoms with Gasteiger partial charge in [0.2, 0.25) is 0 Å². The molecular formula is C23H25FN4O. The number of nitrogens with zero attached hydrogens (tertiary/aromatic N) is 2. The van der Waals surface area contributed by atoms with Crippen molar-refractivity contribution in [1.82, 2.24) is 4.98 Å². The number of rotatable bonds is 8. The van der Waals surface area contributed by atoms with Crippen LogP contribution in [-0.4, -0.2) is 24.0 Å². The number of halogens is 1. The standard InChI is InChI=1S/C23H25FN4O/c1-3-28(4-2)21-11-9-19(10-12-21)27-23(29)22-15-20(13-14-25-22)26-16-17-5-7-18(24)8-6-17/h5-15H,3-4,16H2,1-2H3,(H,25,26)(H,27,29). The summed E-state index contributed by atoms with van der Waals surface area (Å²) in [4.78, 5) is 19.0. The predicted molar refractivity (Wildman–Crippen MR) is 116 cm³/mol. The summed E-state index contributed by atoms with van der Waals surface area (Å²) in [6.45, 7) is 6.62. The zero-order valence-electron chi connectivity index (χ0n) is 16.7. The minimum atomic E-state index is -0.272. The Morgan fingerprint density at radius 2 is 1.66 bits per heavy atom. The number of hydrogen-bond acceptors (Lipinski definition) is 4. The van der Waals surface area contributed by atoms with Gasteiger partial charge >= 0.3 is 0 Å². The summed E-state index contributed by atoms with van der Waals surface area (Å²) in [5.74, 6) is -0.534. The van der Waals surface area contributed by atoms with Gasteiger partial charge in [0.15, 0.2) is 0 Å². The molecule has 0 unspecified atom stereocenters. The van der Waals surface area contributed by atoms with Crippen molar-refractivity contribution in [3.05, 3.63) is 83.9 Å². The Morgan fingerprint density at radius 3 is 2.31 bits per heavy atom. The van der Waals surface area contributed by atoms with E-state index in [1.54, 1.807) is 30.5 Å². The van der Waals surface area contributed by atoms with E-state index in [2.05, 4.69) is 34.4 Å². The van der Waals surface area contributed by atoms with Crippen molar-refractivity contribution in [2.75, 3.05) is 28.6 Å². The Morgan fingerprint density at radius 1 is 0.966 bits per heavy atom. The zero-order chi connectivity index (χ0) is 20.6. The van der Waals surface area contributed by atoms with Crippen LogP contribution in [0.15, 0.2) is 66.9 Å². The van der Waals surface area contributed by atoms with E-state index in [9.17, 15) is 9.18 Å². The Hall–Kier alpha value is -3.41. The molecule has 0 saturated heterocycles. The molecule has 1 amide bonds. The van der Waals surface area contributed by atoms with Gasteiger partial charge < -0.3 is 15.5 Å². The first kappa shape index (κ1) is 20.3. The maximum Gasteiger partial charge on any atom is 0.274 e. The van der Waals surface area contributed by atoms with Crippen molar-refractivity contribution < 1.29 is 9.18 Å². The highest BCUT2D eigenvalue weighted by Crippen LogP contribution is 2.19. The van der Waals surface area contributed by atoms with Crippen LogP contribution in [0.5, 0.6) is 0 Å². The molecule has 0 aliphatic rings. The molecule has 150 valence electrons. The second-order valence-corrected chi connectivity index (χ2v) is 6.58. The molecule has 29 heavy (non-hydrogen) atoms. The number of aromatic nitrogens is 1. The van der Waals surface area contributed by atoms with Crippen molar-refractivity contribution in [2.24, 2.45) is 0 Å². The number of carbonyl (C=O) groups excluding carboxylic acids is 1. The molecule has 0 aliphatic carbocycles. The van der Waals surface area contributed by atoms with Crippen LogP contribution in [0.3, 0.4) is 0 Å². The molecule has 3 rings (SSSR count). The van der Waals surface area contributed by atoms with Crippen LogP contribution in [0, 0.1) is 5.82 Å². The summed E-state index contributed by atoms with van der Waals surface area (Å²) in [6, 6.07) is 17.6. The summed E-state index contributed by atoms with van der Waals surface area (Å²) in [7, 11) is 0. The van der Waals surface area contributed by atoms with Gasteiger partial charge in [0.25, 0.3) is 5.91 Å². The minimum absolute atomic E-state index is 0.262. The molecule has 2 N–H and O–H groups in total. The maximum atomic E-state index is 13.0. The number of nitrogens with one attached hydrogen (secondary N) is 2. The van der Waals surface area contributed by atoms with Gasteiger partial charge in [-0.3, -0.25) is 9.78 Å². The van der Waals surface area contributed by atoms with Crippen LogP contribution in [0.4, 0.5) is 21.5 Å². The van der Waals surface area contributed by atoms with Gasteiger partial charge in [0.1, 0.15) is 11.5 Å². The number of benzene rings is 2. The van der Waals surface area contributed by atoms with Crippen LogP contribution in [0.2, 0.25) is 0 Å². The van der Waals surface area contributed by atoms with Crippen molar-refractivity contribution in [3.63, 3.8) is 0 Å². The van der Waals surface area contributed by atoms with Gasteiger partial charge in [0, 0.05) is 42.9 Å². The lowest BCUT2D eigenvalue weighted by Gasteiger charge is -2.21. The van der Waals surface area contributed by atoms with Crippen LogP contribution >= 0.6 is 0 Å². The molecule has 0 aliphatic heterocycles. The summed E-state index contributed by atoms with van der Waals surface area (Å²) >= 11 is 0. The van der Waals surface area contributed by atoms with Crippen LogP contribution in [0.1, 0.15) is 29.9 Å². The molecule has 0 atom stereocenters. The normalized spacial score (nSPS) is 10.4. The summed E-state index contributed by atoms with van der Waals surface area (Å²) in [5.41, 5.74) is 3.88. The highest BCUT2D eigenvalue weighted by Gasteiger charge is 2.09. The van der Waals surface area contributed by atoms with Gasteiger partial charge in [0.05, 0.1) is 0 Å². The Labute approximate surface area is 170 Å². The third kappa shape index (κ3) is 5.54. The van der Waals surface area contributed by atoms with E-state index in [1.165, 1.54) is 12.1 Å². The predicted octanol–water partition coefficient (Wildman–Crippen LogP) is 4.93. The Balaban J connectivity index is 1.62. The van der Waals surface area contributed by atoms with Gasteiger partial charge in [-0.1, -0.05) is 12.1 Å². The van der Waals surface area contributed by atoms with Crippen molar-refractivity contribution >= 4 is 23.0 Å². The number of hydrogen-bond donors (Lipinski definition) is 2. The second kappa shape index (κ2) is 9.68. The third-order valence-corrected chi connectivity index (χ3v) is 4.66.